The predicted octanol–water partition coefficient (Wildman–Crippen LogP) is 5.16. The standard InChI is InChI=1S/C19H24O2/c1-3-13-9-10-15-11-16(14-7-5-4-6-8-14)18(21-2)12-17(15)19(13)20/h9-12,14,20H,3-8H2,1-2H3. The normalized spacial score (nSPS) is 16.3. The molecule has 1 aliphatic rings. The van der Waals surface area contributed by atoms with Crippen molar-refractivity contribution < 1.29 is 9.84 Å². The number of aryl methyl sites for hydroxylation is 1. The molecule has 1 aliphatic carbocycles. The molecule has 0 amide bonds. The first-order chi connectivity index (χ1) is 10.2. The van der Waals surface area contributed by atoms with E-state index < -0.39 is 0 Å². The molecule has 1 saturated carbocycles. The highest BCUT2D eigenvalue weighted by Crippen LogP contribution is 2.41. The van der Waals surface area contributed by atoms with Gasteiger partial charge in [-0.05, 0) is 53.8 Å². The second-order valence-corrected chi connectivity index (χ2v) is 6.08. The molecule has 0 heterocycles. The fourth-order valence-corrected chi connectivity index (χ4v) is 3.59. The molecular formula is C19H24O2. The van der Waals surface area contributed by atoms with E-state index in [9.17, 15) is 5.11 Å². The minimum atomic E-state index is 0.406. The summed E-state index contributed by atoms with van der Waals surface area (Å²) >= 11 is 0. The first-order valence-corrected chi connectivity index (χ1v) is 8.07. The lowest BCUT2D eigenvalue weighted by Crippen LogP contribution is -2.06. The molecule has 0 bridgehead atoms. The predicted molar refractivity (Wildman–Crippen MR) is 87.4 cm³/mol. The van der Waals surface area contributed by atoms with Gasteiger partial charge in [0.15, 0.2) is 0 Å². The molecule has 0 radical (unpaired) electrons. The van der Waals surface area contributed by atoms with Crippen molar-refractivity contribution in [2.45, 2.75) is 51.4 Å². The SMILES string of the molecule is CCc1ccc2cc(C3CCCCC3)c(OC)cc2c1O. The maximum Gasteiger partial charge on any atom is 0.126 e. The van der Waals surface area contributed by atoms with Crippen molar-refractivity contribution in [1.82, 2.24) is 0 Å². The fourth-order valence-electron chi connectivity index (χ4n) is 3.59. The molecule has 0 saturated heterocycles. The highest BCUT2D eigenvalue weighted by Gasteiger charge is 2.20. The molecule has 21 heavy (non-hydrogen) atoms. The Kier molecular flexibility index (Phi) is 4.05. The summed E-state index contributed by atoms with van der Waals surface area (Å²) in [6.07, 6.45) is 7.32. The average Bonchev–Trinajstić information content (AvgIpc) is 2.55. The van der Waals surface area contributed by atoms with E-state index in [-0.39, 0.29) is 0 Å². The number of rotatable bonds is 3. The summed E-state index contributed by atoms with van der Waals surface area (Å²) in [5.74, 6) is 1.94. The molecule has 2 aromatic carbocycles. The number of methoxy groups -OCH3 is 1. The minimum absolute atomic E-state index is 0.406. The Labute approximate surface area is 126 Å². The number of ether oxygens (including phenoxy) is 1. The minimum Gasteiger partial charge on any atom is -0.507 e. The summed E-state index contributed by atoms with van der Waals surface area (Å²) in [5.41, 5.74) is 2.31. The van der Waals surface area contributed by atoms with E-state index in [2.05, 4.69) is 19.1 Å². The van der Waals surface area contributed by atoms with E-state index >= 15 is 0 Å². The van der Waals surface area contributed by atoms with E-state index in [1.54, 1.807) is 7.11 Å². The van der Waals surface area contributed by atoms with Gasteiger partial charge in [0.2, 0.25) is 0 Å². The topological polar surface area (TPSA) is 29.5 Å². The Balaban J connectivity index is 2.13. The van der Waals surface area contributed by atoms with Crippen LogP contribution in [-0.2, 0) is 6.42 Å². The van der Waals surface area contributed by atoms with Crippen LogP contribution in [0.5, 0.6) is 11.5 Å². The Bertz CT molecular complexity index is 640. The van der Waals surface area contributed by atoms with Crippen molar-refractivity contribution in [3.8, 4) is 11.5 Å². The highest BCUT2D eigenvalue weighted by atomic mass is 16.5. The fraction of sp³-hybridized carbons (Fsp3) is 0.474. The van der Waals surface area contributed by atoms with E-state index in [1.807, 2.05) is 12.1 Å². The van der Waals surface area contributed by atoms with Gasteiger partial charge in [-0.1, -0.05) is 38.3 Å². The molecule has 1 fully saturated rings. The number of phenolic OH excluding ortho intramolecular Hbond substituents is 1. The third-order valence-corrected chi connectivity index (χ3v) is 4.85. The summed E-state index contributed by atoms with van der Waals surface area (Å²) in [4.78, 5) is 0. The third kappa shape index (κ3) is 2.59. The van der Waals surface area contributed by atoms with Crippen LogP contribution in [-0.4, -0.2) is 12.2 Å². The summed E-state index contributed by atoms with van der Waals surface area (Å²) in [6.45, 7) is 2.06. The average molecular weight is 284 g/mol. The first-order valence-electron chi connectivity index (χ1n) is 8.07. The van der Waals surface area contributed by atoms with Gasteiger partial charge in [-0.25, -0.2) is 0 Å². The lowest BCUT2D eigenvalue weighted by molar-refractivity contribution is 0.387. The number of benzene rings is 2. The number of phenols is 1. The van der Waals surface area contributed by atoms with Gasteiger partial charge in [0.1, 0.15) is 11.5 Å². The van der Waals surface area contributed by atoms with Gasteiger partial charge in [-0.2, -0.15) is 0 Å². The van der Waals surface area contributed by atoms with Crippen LogP contribution in [0, 0.1) is 0 Å². The molecule has 2 heteroatoms. The lowest BCUT2D eigenvalue weighted by atomic mass is 9.83. The van der Waals surface area contributed by atoms with Crippen molar-refractivity contribution in [3.05, 3.63) is 35.4 Å². The molecule has 112 valence electrons. The van der Waals surface area contributed by atoms with Crippen LogP contribution in [0.2, 0.25) is 0 Å². The molecule has 0 spiro atoms. The van der Waals surface area contributed by atoms with Crippen molar-refractivity contribution in [2.75, 3.05) is 7.11 Å². The smallest absolute Gasteiger partial charge is 0.126 e. The zero-order chi connectivity index (χ0) is 14.8. The van der Waals surface area contributed by atoms with Crippen molar-refractivity contribution in [1.29, 1.82) is 0 Å². The largest absolute Gasteiger partial charge is 0.507 e. The van der Waals surface area contributed by atoms with Gasteiger partial charge in [0.05, 0.1) is 7.11 Å². The lowest BCUT2D eigenvalue weighted by Gasteiger charge is -2.24. The van der Waals surface area contributed by atoms with Crippen molar-refractivity contribution in [3.63, 3.8) is 0 Å². The van der Waals surface area contributed by atoms with Crippen LogP contribution in [0.4, 0.5) is 0 Å². The highest BCUT2D eigenvalue weighted by molar-refractivity contribution is 5.91. The van der Waals surface area contributed by atoms with Gasteiger partial charge in [0.25, 0.3) is 0 Å². The Hall–Kier alpha value is -1.70. The maximum atomic E-state index is 10.4. The van der Waals surface area contributed by atoms with Gasteiger partial charge in [-0.15, -0.1) is 0 Å². The Morgan fingerprint density at radius 2 is 1.90 bits per heavy atom. The summed E-state index contributed by atoms with van der Waals surface area (Å²) in [7, 11) is 1.73. The second kappa shape index (κ2) is 5.97. The summed E-state index contributed by atoms with van der Waals surface area (Å²) in [5, 5.41) is 12.4. The van der Waals surface area contributed by atoms with Crippen molar-refractivity contribution in [2.24, 2.45) is 0 Å². The van der Waals surface area contributed by atoms with Gasteiger partial charge in [-0.3, -0.25) is 0 Å². The second-order valence-electron chi connectivity index (χ2n) is 6.08. The van der Waals surface area contributed by atoms with E-state index in [0.717, 1.165) is 28.5 Å². The van der Waals surface area contributed by atoms with E-state index in [4.69, 9.17) is 4.74 Å². The van der Waals surface area contributed by atoms with Crippen LogP contribution in [0.3, 0.4) is 0 Å². The first kappa shape index (κ1) is 14.2. The quantitative estimate of drug-likeness (QED) is 0.843. The monoisotopic (exact) mass is 284 g/mol. The molecule has 0 aromatic heterocycles. The summed E-state index contributed by atoms with van der Waals surface area (Å²) in [6, 6.07) is 8.41. The number of fused-ring (bicyclic) bond motifs is 1. The number of hydrogen-bond acceptors (Lipinski definition) is 2. The molecule has 2 aromatic rings. The molecule has 0 atom stereocenters. The van der Waals surface area contributed by atoms with E-state index in [1.165, 1.54) is 37.7 Å². The Morgan fingerprint density at radius 1 is 1.14 bits per heavy atom. The van der Waals surface area contributed by atoms with Gasteiger partial charge >= 0.3 is 0 Å². The van der Waals surface area contributed by atoms with E-state index in [0.29, 0.717) is 11.7 Å². The third-order valence-electron chi connectivity index (χ3n) is 4.85. The summed E-state index contributed by atoms with van der Waals surface area (Å²) < 4.78 is 5.62. The maximum absolute atomic E-state index is 10.4. The zero-order valence-corrected chi connectivity index (χ0v) is 13.0. The molecule has 0 unspecified atom stereocenters. The van der Waals surface area contributed by atoms with Crippen LogP contribution in [0.1, 0.15) is 56.1 Å². The molecule has 3 rings (SSSR count). The van der Waals surface area contributed by atoms with Gasteiger partial charge < -0.3 is 9.84 Å². The number of hydrogen-bond donors (Lipinski definition) is 1. The van der Waals surface area contributed by atoms with Crippen LogP contribution in [0.25, 0.3) is 10.8 Å². The Morgan fingerprint density at radius 3 is 2.57 bits per heavy atom. The molecule has 2 nitrogen and oxygen atoms in total. The zero-order valence-electron chi connectivity index (χ0n) is 13.0. The molecular weight excluding hydrogens is 260 g/mol. The molecule has 1 N–H and O–H groups in total. The van der Waals surface area contributed by atoms with Crippen LogP contribution >= 0.6 is 0 Å². The molecule has 0 aliphatic heterocycles. The van der Waals surface area contributed by atoms with Crippen LogP contribution < -0.4 is 4.74 Å². The van der Waals surface area contributed by atoms with Crippen molar-refractivity contribution >= 4 is 10.8 Å². The number of aromatic hydroxyl groups is 1. The van der Waals surface area contributed by atoms with Crippen LogP contribution in [0.15, 0.2) is 24.3 Å². The van der Waals surface area contributed by atoms with Gasteiger partial charge in [0, 0.05) is 5.39 Å².